The zero-order chi connectivity index (χ0) is 7.03. The largest absolute Gasteiger partial charge is 0.336 e. The van der Waals surface area contributed by atoms with Crippen LogP contribution in [0.25, 0.3) is 0 Å². The standard InChI is InChI=1S/C7H11N3/c8-7(1-2-7)5-10-4-3-9-6-10/h3-4,6H,1-2,5,8H2. The summed E-state index contributed by atoms with van der Waals surface area (Å²) in [6, 6.07) is 0. The van der Waals surface area contributed by atoms with Crippen molar-refractivity contribution in [2.24, 2.45) is 5.73 Å². The minimum absolute atomic E-state index is 0.0979. The van der Waals surface area contributed by atoms with Crippen LogP contribution in [0.2, 0.25) is 0 Å². The number of nitrogens with two attached hydrogens (primary N) is 1. The van der Waals surface area contributed by atoms with Crippen LogP contribution in [0.4, 0.5) is 0 Å². The molecule has 3 heteroatoms. The summed E-state index contributed by atoms with van der Waals surface area (Å²) in [5.41, 5.74) is 5.99. The van der Waals surface area contributed by atoms with Crippen molar-refractivity contribution in [3.8, 4) is 0 Å². The third kappa shape index (κ3) is 1.04. The Hall–Kier alpha value is -0.830. The summed E-state index contributed by atoms with van der Waals surface area (Å²) < 4.78 is 2.03. The Kier molecular flexibility index (Phi) is 1.08. The van der Waals surface area contributed by atoms with Crippen molar-refractivity contribution in [2.45, 2.75) is 24.9 Å². The Morgan fingerprint density at radius 3 is 2.90 bits per heavy atom. The first-order valence-corrected chi connectivity index (χ1v) is 3.53. The van der Waals surface area contributed by atoms with Crippen molar-refractivity contribution in [3.63, 3.8) is 0 Å². The second-order valence-electron chi connectivity index (χ2n) is 3.10. The highest BCUT2D eigenvalue weighted by Crippen LogP contribution is 2.33. The van der Waals surface area contributed by atoms with Gasteiger partial charge in [0.1, 0.15) is 0 Å². The number of hydrogen-bond donors (Lipinski definition) is 1. The summed E-state index contributed by atoms with van der Waals surface area (Å²) >= 11 is 0. The first-order valence-electron chi connectivity index (χ1n) is 3.53. The molecular formula is C7H11N3. The molecule has 1 aliphatic rings. The molecule has 1 fully saturated rings. The number of hydrogen-bond acceptors (Lipinski definition) is 2. The molecule has 0 aliphatic heterocycles. The molecule has 1 aliphatic carbocycles. The van der Waals surface area contributed by atoms with Gasteiger partial charge in [0.05, 0.1) is 6.33 Å². The third-order valence-electron chi connectivity index (χ3n) is 1.95. The SMILES string of the molecule is NC1(Cn2ccnc2)CC1. The number of nitrogens with zero attached hydrogens (tertiary/aromatic N) is 2. The van der Waals surface area contributed by atoms with Crippen LogP contribution in [-0.4, -0.2) is 15.1 Å². The van der Waals surface area contributed by atoms with Crippen LogP contribution in [-0.2, 0) is 6.54 Å². The molecule has 2 rings (SSSR count). The van der Waals surface area contributed by atoms with Crippen LogP contribution in [0, 0.1) is 0 Å². The number of rotatable bonds is 2. The molecule has 54 valence electrons. The van der Waals surface area contributed by atoms with Gasteiger partial charge in [0.25, 0.3) is 0 Å². The van der Waals surface area contributed by atoms with Gasteiger partial charge in [-0.25, -0.2) is 4.98 Å². The van der Waals surface area contributed by atoms with Gasteiger partial charge in [-0.2, -0.15) is 0 Å². The maximum atomic E-state index is 5.89. The summed E-state index contributed by atoms with van der Waals surface area (Å²) in [6.07, 6.45) is 7.86. The van der Waals surface area contributed by atoms with E-state index in [9.17, 15) is 0 Å². The van der Waals surface area contributed by atoms with Gasteiger partial charge in [0.15, 0.2) is 0 Å². The fourth-order valence-electron chi connectivity index (χ4n) is 1.06. The highest BCUT2D eigenvalue weighted by atomic mass is 15.1. The molecule has 0 aromatic carbocycles. The average Bonchev–Trinajstić information content (AvgIpc) is 2.47. The van der Waals surface area contributed by atoms with Gasteiger partial charge in [-0.05, 0) is 12.8 Å². The molecule has 1 aromatic rings. The van der Waals surface area contributed by atoms with Gasteiger partial charge in [-0.15, -0.1) is 0 Å². The van der Waals surface area contributed by atoms with Crippen LogP contribution < -0.4 is 5.73 Å². The van der Waals surface area contributed by atoms with Crippen molar-refractivity contribution in [1.82, 2.24) is 9.55 Å². The second-order valence-corrected chi connectivity index (χ2v) is 3.10. The van der Waals surface area contributed by atoms with E-state index < -0.39 is 0 Å². The van der Waals surface area contributed by atoms with Gasteiger partial charge < -0.3 is 10.3 Å². The zero-order valence-electron chi connectivity index (χ0n) is 5.83. The third-order valence-corrected chi connectivity index (χ3v) is 1.95. The van der Waals surface area contributed by atoms with E-state index in [1.807, 2.05) is 17.1 Å². The Balaban J connectivity index is 2.04. The maximum Gasteiger partial charge on any atom is 0.0946 e. The minimum atomic E-state index is 0.0979. The quantitative estimate of drug-likeness (QED) is 0.640. The van der Waals surface area contributed by atoms with E-state index in [0.29, 0.717) is 0 Å². The second kappa shape index (κ2) is 1.83. The van der Waals surface area contributed by atoms with Crippen LogP contribution in [0.1, 0.15) is 12.8 Å². The van der Waals surface area contributed by atoms with E-state index >= 15 is 0 Å². The van der Waals surface area contributed by atoms with Crippen LogP contribution in [0.3, 0.4) is 0 Å². The van der Waals surface area contributed by atoms with Gasteiger partial charge in [-0.3, -0.25) is 0 Å². The Bertz CT molecular complexity index is 211. The summed E-state index contributed by atoms with van der Waals surface area (Å²) in [5.74, 6) is 0. The first kappa shape index (κ1) is 5.92. The van der Waals surface area contributed by atoms with Gasteiger partial charge in [-0.1, -0.05) is 0 Å². The lowest BCUT2D eigenvalue weighted by molar-refractivity contribution is 0.542. The number of aromatic nitrogens is 2. The van der Waals surface area contributed by atoms with Crippen molar-refractivity contribution in [1.29, 1.82) is 0 Å². The van der Waals surface area contributed by atoms with Crippen molar-refractivity contribution in [3.05, 3.63) is 18.7 Å². The fourth-order valence-corrected chi connectivity index (χ4v) is 1.06. The highest BCUT2D eigenvalue weighted by Gasteiger charge is 2.38. The van der Waals surface area contributed by atoms with E-state index in [1.165, 1.54) is 0 Å². The summed E-state index contributed by atoms with van der Waals surface area (Å²) in [5, 5.41) is 0. The molecular weight excluding hydrogens is 126 g/mol. The van der Waals surface area contributed by atoms with E-state index in [1.54, 1.807) is 6.20 Å². The molecule has 0 saturated heterocycles. The molecule has 1 heterocycles. The fraction of sp³-hybridized carbons (Fsp3) is 0.571. The van der Waals surface area contributed by atoms with Crippen molar-refractivity contribution < 1.29 is 0 Å². The van der Waals surface area contributed by atoms with E-state index in [2.05, 4.69) is 4.98 Å². The zero-order valence-corrected chi connectivity index (χ0v) is 5.83. The molecule has 0 amide bonds. The molecule has 0 radical (unpaired) electrons. The molecule has 1 saturated carbocycles. The Morgan fingerprint density at radius 2 is 2.40 bits per heavy atom. The van der Waals surface area contributed by atoms with Gasteiger partial charge in [0, 0.05) is 24.5 Å². The van der Waals surface area contributed by atoms with Crippen molar-refractivity contribution >= 4 is 0 Å². The summed E-state index contributed by atoms with van der Waals surface area (Å²) in [7, 11) is 0. The first-order chi connectivity index (χ1) is 4.79. The average molecular weight is 137 g/mol. The molecule has 10 heavy (non-hydrogen) atoms. The van der Waals surface area contributed by atoms with Gasteiger partial charge in [0.2, 0.25) is 0 Å². The predicted octanol–water partition coefficient (Wildman–Crippen LogP) is 0.374. The predicted molar refractivity (Wildman–Crippen MR) is 38.4 cm³/mol. The maximum absolute atomic E-state index is 5.89. The highest BCUT2D eigenvalue weighted by molar-refractivity contribution is 4.99. The monoisotopic (exact) mass is 137 g/mol. The molecule has 2 N–H and O–H groups in total. The Morgan fingerprint density at radius 1 is 1.60 bits per heavy atom. The summed E-state index contributed by atoms with van der Waals surface area (Å²) in [6.45, 7) is 0.924. The minimum Gasteiger partial charge on any atom is -0.336 e. The van der Waals surface area contributed by atoms with E-state index in [4.69, 9.17) is 5.73 Å². The van der Waals surface area contributed by atoms with Crippen molar-refractivity contribution in [2.75, 3.05) is 0 Å². The van der Waals surface area contributed by atoms with E-state index in [-0.39, 0.29) is 5.54 Å². The lowest BCUT2D eigenvalue weighted by Gasteiger charge is -2.07. The summed E-state index contributed by atoms with van der Waals surface area (Å²) in [4.78, 5) is 3.94. The molecule has 3 nitrogen and oxygen atoms in total. The molecule has 0 spiro atoms. The topological polar surface area (TPSA) is 43.8 Å². The van der Waals surface area contributed by atoms with Crippen LogP contribution in [0.15, 0.2) is 18.7 Å². The van der Waals surface area contributed by atoms with Crippen LogP contribution in [0.5, 0.6) is 0 Å². The van der Waals surface area contributed by atoms with E-state index in [0.717, 1.165) is 19.4 Å². The lowest BCUT2D eigenvalue weighted by Crippen LogP contribution is -2.27. The smallest absolute Gasteiger partial charge is 0.0946 e. The molecule has 1 aromatic heterocycles. The van der Waals surface area contributed by atoms with Gasteiger partial charge >= 0.3 is 0 Å². The molecule has 0 unspecified atom stereocenters. The molecule has 0 atom stereocenters. The normalized spacial score (nSPS) is 20.9. The van der Waals surface area contributed by atoms with Crippen LogP contribution >= 0.6 is 0 Å². The Labute approximate surface area is 59.9 Å². The molecule has 0 bridgehead atoms. The lowest BCUT2D eigenvalue weighted by atomic mass is 10.3. The number of imidazole rings is 1.